The molecule has 0 aromatic heterocycles. The van der Waals surface area contributed by atoms with Gasteiger partial charge in [0.05, 0.1) is 5.60 Å². The highest BCUT2D eigenvalue weighted by atomic mass is 16.3. The van der Waals surface area contributed by atoms with E-state index in [1.165, 1.54) is 0 Å². The standard InChI is InChI=1S/C11H22O2/c1-10(2)5-4-6-11(3,13)9(7-10)8-12/h9,12-13H,4-8H2,1-3H3. The predicted molar refractivity (Wildman–Crippen MR) is 53.4 cm³/mol. The van der Waals surface area contributed by atoms with Crippen molar-refractivity contribution < 1.29 is 10.2 Å². The molecule has 2 unspecified atom stereocenters. The van der Waals surface area contributed by atoms with Gasteiger partial charge in [0.2, 0.25) is 0 Å². The summed E-state index contributed by atoms with van der Waals surface area (Å²) >= 11 is 0. The molecule has 13 heavy (non-hydrogen) atoms. The highest BCUT2D eigenvalue weighted by Gasteiger charge is 2.38. The van der Waals surface area contributed by atoms with Gasteiger partial charge in [-0.1, -0.05) is 20.3 Å². The molecular weight excluding hydrogens is 164 g/mol. The molecule has 1 rings (SSSR count). The molecule has 1 saturated carbocycles. The largest absolute Gasteiger partial charge is 0.396 e. The molecule has 0 spiro atoms. The molecule has 0 saturated heterocycles. The van der Waals surface area contributed by atoms with Crippen molar-refractivity contribution in [3.05, 3.63) is 0 Å². The van der Waals surface area contributed by atoms with Gasteiger partial charge in [0.15, 0.2) is 0 Å². The maximum Gasteiger partial charge on any atom is 0.0669 e. The fourth-order valence-electron chi connectivity index (χ4n) is 2.38. The Morgan fingerprint density at radius 2 is 1.85 bits per heavy atom. The van der Waals surface area contributed by atoms with E-state index in [-0.39, 0.29) is 17.9 Å². The van der Waals surface area contributed by atoms with Gasteiger partial charge in [0.1, 0.15) is 0 Å². The van der Waals surface area contributed by atoms with E-state index in [2.05, 4.69) is 13.8 Å². The van der Waals surface area contributed by atoms with Crippen LogP contribution in [0.15, 0.2) is 0 Å². The van der Waals surface area contributed by atoms with Gasteiger partial charge in [-0.3, -0.25) is 0 Å². The Labute approximate surface area is 81.0 Å². The average Bonchev–Trinajstić information content (AvgIpc) is 2.07. The Bertz CT molecular complexity index is 173. The van der Waals surface area contributed by atoms with E-state index >= 15 is 0 Å². The number of aliphatic hydroxyl groups excluding tert-OH is 1. The van der Waals surface area contributed by atoms with E-state index in [9.17, 15) is 10.2 Å². The fraction of sp³-hybridized carbons (Fsp3) is 1.00. The number of hydrogen-bond donors (Lipinski definition) is 2. The van der Waals surface area contributed by atoms with Crippen molar-refractivity contribution in [2.45, 2.75) is 52.1 Å². The molecule has 0 aromatic rings. The zero-order chi connectivity index (χ0) is 10.1. The first-order valence-electron chi connectivity index (χ1n) is 5.21. The SMILES string of the molecule is CC1(C)CCCC(C)(O)C(CO)C1. The minimum absolute atomic E-state index is 0.0463. The Hall–Kier alpha value is -0.0800. The summed E-state index contributed by atoms with van der Waals surface area (Å²) < 4.78 is 0. The lowest BCUT2D eigenvalue weighted by atomic mass is 9.78. The minimum atomic E-state index is -0.664. The molecule has 0 aliphatic heterocycles. The lowest BCUT2D eigenvalue weighted by molar-refractivity contribution is -0.0357. The van der Waals surface area contributed by atoms with Gasteiger partial charge in [0, 0.05) is 12.5 Å². The summed E-state index contributed by atoms with van der Waals surface area (Å²) in [7, 11) is 0. The second kappa shape index (κ2) is 3.58. The van der Waals surface area contributed by atoms with Crippen molar-refractivity contribution in [2.24, 2.45) is 11.3 Å². The summed E-state index contributed by atoms with van der Waals surface area (Å²) in [6.45, 7) is 6.40. The van der Waals surface area contributed by atoms with Gasteiger partial charge >= 0.3 is 0 Å². The lowest BCUT2D eigenvalue weighted by Gasteiger charge is -2.32. The van der Waals surface area contributed by atoms with Crippen LogP contribution < -0.4 is 0 Å². The molecule has 0 radical (unpaired) electrons. The molecular formula is C11H22O2. The summed E-state index contributed by atoms with van der Waals surface area (Å²) in [5.74, 6) is 0.0463. The Balaban J connectivity index is 2.74. The second-order valence-electron chi connectivity index (χ2n) is 5.46. The summed E-state index contributed by atoms with van der Waals surface area (Å²) in [4.78, 5) is 0. The van der Waals surface area contributed by atoms with E-state index in [4.69, 9.17) is 0 Å². The summed E-state index contributed by atoms with van der Waals surface area (Å²) in [6, 6.07) is 0. The molecule has 0 amide bonds. The van der Waals surface area contributed by atoms with Crippen LogP contribution in [0.1, 0.15) is 46.5 Å². The van der Waals surface area contributed by atoms with Crippen LogP contribution in [0.2, 0.25) is 0 Å². The van der Waals surface area contributed by atoms with Crippen LogP contribution in [-0.2, 0) is 0 Å². The van der Waals surface area contributed by atoms with Crippen LogP contribution in [0.25, 0.3) is 0 Å². The zero-order valence-corrected chi connectivity index (χ0v) is 9.01. The molecule has 1 fully saturated rings. The number of aliphatic hydroxyl groups is 2. The Morgan fingerprint density at radius 3 is 2.38 bits per heavy atom. The third kappa shape index (κ3) is 2.68. The van der Waals surface area contributed by atoms with Crippen LogP contribution in [-0.4, -0.2) is 22.4 Å². The maximum atomic E-state index is 10.1. The molecule has 78 valence electrons. The molecule has 2 nitrogen and oxygen atoms in total. The van der Waals surface area contributed by atoms with Crippen molar-refractivity contribution in [1.82, 2.24) is 0 Å². The molecule has 0 bridgehead atoms. The molecule has 2 N–H and O–H groups in total. The molecule has 1 aliphatic carbocycles. The van der Waals surface area contributed by atoms with E-state index in [1.807, 2.05) is 6.92 Å². The smallest absolute Gasteiger partial charge is 0.0669 e. The minimum Gasteiger partial charge on any atom is -0.396 e. The number of rotatable bonds is 1. The maximum absolute atomic E-state index is 10.1. The summed E-state index contributed by atoms with van der Waals surface area (Å²) in [5, 5.41) is 19.3. The average molecular weight is 186 g/mol. The van der Waals surface area contributed by atoms with Crippen LogP contribution in [0.5, 0.6) is 0 Å². The number of hydrogen-bond acceptors (Lipinski definition) is 2. The van der Waals surface area contributed by atoms with Crippen LogP contribution in [0.4, 0.5) is 0 Å². The van der Waals surface area contributed by atoms with Gasteiger partial charge in [-0.15, -0.1) is 0 Å². The highest BCUT2D eigenvalue weighted by Crippen LogP contribution is 2.41. The fourth-order valence-corrected chi connectivity index (χ4v) is 2.38. The molecule has 0 aromatic carbocycles. The van der Waals surface area contributed by atoms with Gasteiger partial charge in [0.25, 0.3) is 0 Å². The van der Waals surface area contributed by atoms with Crippen molar-refractivity contribution in [1.29, 1.82) is 0 Å². The van der Waals surface area contributed by atoms with Crippen LogP contribution >= 0.6 is 0 Å². The van der Waals surface area contributed by atoms with E-state index in [0.29, 0.717) is 0 Å². The second-order valence-corrected chi connectivity index (χ2v) is 5.46. The molecule has 2 atom stereocenters. The topological polar surface area (TPSA) is 40.5 Å². The van der Waals surface area contributed by atoms with Crippen molar-refractivity contribution >= 4 is 0 Å². The third-order valence-corrected chi connectivity index (χ3v) is 3.44. The van der Waals surface area contributed by atoms with Crippen LogP contribution in [0.3, 0.4) is 0 Å². The van der Waals surface area contributed by atoms with Gasteiger partial charge in [-0.2, -0.15) is 0 Å². The summed E-state index contributed by atoms with van der Waals surface area (Å²) in [6.07, 6.45) is 3.97. The lowest BCUT2D eigenvalue weighted by Crippen LogP contribution is -2.37. The molecule has 2 heteroatoms. The van der Waals surface area contributed by atoms with E-state index in [0.717, 1.165) is 25.7 Å². The highest BCUT2D eigenvalue weighted by molar-refractivity contribution is 4.89. The first-order valence-corrected chi connectivity index (χ1v) is 5.21. The Morgan fingerprint density at radius 1 is 1.23 bits per heavy atom. The van der Waals surface area contributed by atoms with E-state index < -0.39 is 5.60 Å². The Kier molecular flexibility index (Phi) is 3.03. The van der Waals surface area contributed by atoms with Gasteiger partial charge < -0.3 is 10.2 Å². The normalized spacial score (nSPS) is 39.9. The van der Waals surface area contributed by atoms with Crippen LogP contribution in [0, 0.1) is 11.3 Å². The predicted octanol–water partition coefficient (Wildman–Crippen LogP) is 1.95. The quantitative estimate of drug-likeness (QED) is 0.614. The molecule has 1 aliphatic rings. The van der Waals surface area contributed by atoms with Crippen molar-refractivity contribution in [3.63, 3.8) is 0 Å². The zero-order valence-electron chi connectivity index (χ0n) is 9.01. The monoisotopic (exact) mass is 186 g/mol. The third-order valence-electron chi connectivity index (χ3n) is 3.44. The summed E-state index contributed by atoms with van der Waals surface area (Å²) in [5.41, 5.74) is -0.392. The van der Waals surface area contributed by atoms with Gasteiger partial charge in [-0.25, -0.2) is 0 Å². The van der Waals surface area contributed by atoms with E-state index in [1.54, 1.807) is 0 Å². The first-order chi connectivity index (χ1) is 5.87. The van der Waals surface area contributed by atoms with Gasteiger partial charge in [-0.05, 0) is 31.6 Å². The molecule has 0 heterocycles. The first kappa shape index (κ1) is 11.0. The van der Waals surface area contributed by atoms with Crippen molar-refractivity contribution in [3.8, 4) is 0 Å². The van der Waals surface area contributed by atoms with Crippen molar-refractivity contribution in [2.75, 3.05) is 6.61 Å².